The second-order valence-electron chi connectivity index (χ2n) is 7.70. The Morgan fingerprint density at radius 1 is 1.21 bits per heavy atom. The third-order valence-corrected chi connectivity index (χ3v) is 7.54. The summed E-state index contributed by atoms with van der Waals surface area (Å²) in [6, 6.07) is 4.89. The summed E-state index contributed by atoms with van der Waals surface area (Å²) in [5.74, 6) is 0.415. The number of halogens is 1. The van der Waals surface area contributed by atoms with Gasteiger partial charge in [-0.15, -0.1) is 12.4 Å². The Bertz CT molecular complexity index is 758. The lowest BCUT2D eigenvalue weighted by molar-refractivity contribution is 0.0950. The Hall–Kier alpha value is -1.15. The van der Waals surface area contributed by atoms with Crippen LogP contribution in [0, 0.1) is 12.8 Å². The molecular weight excluding hydrogens is 398 g/mol. The molecule has 158 valence electrons. The molecule has 8 heteroatoms. The van der Waals surface area contributed by atoms with Crippen LogP contribution in [-0.4, -0.2) is 51.4 Å². The fraction of sp³-hybridized carbons (Fsp3) is 0.650. The number of nitrogens with zero attached hydrogens (tertiary/aromatic N) is 1. The van der Waals surface area contributed by atoms with Gasteiger partial charge in [0.25, 0.3) is 5.91 Å². The Balaban J connectivity index is 0.00000280. The smallest absolute Gasteiger partial charge is 0.251 e. The van der Waals surface area contributed by atoms with E-state index < -0.39 is 10.0 Å². The largest absolute Gasteiger partial charge is 0.352 e. The van der Waals surface area contributed by atoms with Gasteiger partial charge in [-0.25, -0.2) is 8.42 Å². The number of piperidine rings is 2. The maximum absolute atomic E-state index is 12.9. The summed E-state index contributed by atoms with van der Waals surface area (Å²) in [7, 11) is -3.53. The van der Waals surface area contributed by atoms with Gasteiger partial charge in [-0.1, -0.05) is 12.5 Å². The van der Waals surface area contributed by atoms with E-state index in [1.54, 1.807) is 16.4 Å². The van der Waals surface area contributed by atoms with Crippen molar-refractivity contribution in [2.45, 2.75) is 50.3 Å². The van der Waals surface area contributed by atoms with Crippen LogP contribution in [0.1, 0.15) is 54.4 Å². The van der Waals surface area contributed by atoms with Gasteiger partial charge < -0.3 is 10.6 Å². The molecule has 2 fully saturated rings. The third-order valence-electron chi connectivity index (χ3n) is 5.64. The minimum absolute atomic E-state index is 0. The van der Waals surface area contributed by atoms with Gasteiger partial charge in [-0.05, 0) is 75.7 Å². The number of rotatable bonds is 6. The van der Waals surface area contributed by atoms with Gasteiger partial charge in [0.2, 0.25) is 10.0 Å². The normalized spacial score (nSPS) is 21.0. The van der Waals surface area contributed by atoms with Gasteiger partial charge in [0, 0.05) is 25.2 Å². The van der Waals surface area contributed by atoms with E-state index in [2.05, 4.69) is 10.6 Å². The van der Waals surface area contributed by atoms with E-state index in [9.17, 15) is 13.2 Å². The number of aryl methyl sites for hydroxylation is 1. The lowest BCUT2D eigenvalue weighted by atomic mass is 9.96. The van der Waals surface area contributed by atoms with Gasteiger partial charge >= 0.3 is 0 Å². The highest BCUT2D eigenvalue weighted by Gasteiger charge is 2.27. The highest BCUT2D eigenvalue weighted by Crippen LogP contribution is 2.23. The van der Waals surface area contributed by atoms with Gasteiger partial charge in [0.1, 0.15) is 0 Å². The Labute approximate surface area is 174 Å². The number of hydrogen-bond donors (Lipinski definition) is 2. The minimum Gasteiger partial charge on any atom is -0.352 e. The monoisotopic (exact) mass is 429 g/mol. The highest BCUT2D eigenvalue weighted by molar-refractivity contribution is 7.89. The van der Waals surface area contributed by atoms with Crippen molar-refractivity contribution in [3.63, 3.8) is 0 Å². The zero-order valence-corrected chi connectivity index (χ0v) is 18.2. The molecule has 28 heavy (non-hydrogen) atoms. The van der Waals surface area contributed by atoms with Crippen molar-refractivity contribution >= 4 is 28.3 Å². The number of carbonyl (C=O) groups excluding carboxylic acids is 1. The first-order valence-electron chi connectivity index (χ1n) is 10.1. The predicted molar refractivity (Wildman–Crippen MR) is 114 cm³/mol. The predicted octanol–water partition coefficient (Wildman–Crippen LogP) is 2.71. The quantitative estimate of drug-likeness (QED) is 0.728. The maximum atomic E-state index is 12.9. The van der Waals surface area contributed by atoms with Crippen LogP contribution < -0.4 is 10.6 Å². The first-order chi connectivity index (χ1) is 13.0. The lowest BCUT2D eigenvalue weighted by Crippen LogP contribution is -2.36. The molecule has 3 rings (SSSR count). The first kappa shape index (κ1) is 23.1. The zero-order valence-electron chi connectivity index (χ0n) is 16.6. The van der Waals surface area contributed by atoms with E-state index in [1.165, 1.54) is 18.9 Å². The molecule has 0 aromatic heterocycles. The van der Waals surface area contributed by atoms with Crippen LogP contribution in [-0.2, 0) is 10.0 Å². The number of sulfonamides is 1. The molecule has 1 aromatic carbocycles. The van der Waals surface area contributed by atoms with Crippen molar-refractivity contribution in [3.8, 4) is 0 Å². The molecule has 2 heterocycles. The number of hydrogen-bond acceptors (Lipinski definition) is 4. The van der Waals surface area contributed by atoms with Gasteiger partial charge in [-0.3, -0.25) is 4.79 Å². The van der Waals surface area contributed by atoms with Gasteiger partial charge in [0.05, 0.1) is 4.90 Å². The Morgan fingerprint density at radius 3 is 2.64 bits per heavy atom. The van der Waals surface area contributed by atoms with Gasteiger partial charge in [0.15, 0.2) is 0 Å². The molecule has 6 nitrogen and oxygen atoms in total. The van der Waals surface area contributed by atoms with Crippen molar-refractivity contribution in [3.05, 3.63) is 29.3 Å². The molecule has 2 aliphatic heterocycles. The first-order valence-corrected chi connectivity index (χ1v) is 11.5. The van der Waals surface area contributed by atoms with Crippen LogP contribution in [0.25, 0.3) is 0 Å². The van der Waals surface area contributed by atoms with E-state index in [-0.39, 0.29) is 23.2 Å². The fourth-order valence-electron chi connectivity index (χ4n) is 3.92. The lowest BCUT2D eigenvalue weighted by Gasteiger charge is -2.26. The average Bonchev–Trinajstić information content (AvgIpc) is 2.69. The average molecular weight is 430 g/mol. The van der Waals surface area contributed by atoms with Crippen molar-refractivity contribution < 1.29 is 13.2 Å². The van der Waals surface area contributed by atoms with E-state index in [0.717, 1.165) is 44.3 Å². The second kappa shape index (κ2) is 10.6. The van der Waals surface area contributed by atoms with Crippen LogP contribution in [0.15, 0.2) is 23.1 Å². The highest BCUT2D eigenvalue weighted by atomic mass is 35.5. The summed E-state index contributed by atoms with van der Waals surface area (Å²) in [6.07, 6.45) is 6.20. The molecule has 2 saturated heterocycles. The molecule has 0 radical (unpaired) electrons. The number of benzene rings is 1. The summed E-state index contributed by atoms with van der Waals surface area (Å²) in [4.78, 5) is 12.8. The van der Waals surface area contributed by atoms with Gasteiger partial charge in [-0.2, -0.15) is 4.31 Å². The van der Waals surface area contributed by atoms with Crippen LogP contribution in [0.2, 0.25) is 0 Å². The third kappa shape index (κ3) is 5.69. The van der Waals surface area contributed by atoms with Crippen LogP contribution in [0.5, 0.6) is 0 Å². The molecule has 1 atom stereocenters. The van der Waals surface area contributed by atoms with Crippen molar-refractivity contribution in [1.82, 2.24) is 14.9 Å². The van der Waals surface area contributed by atoms with Crippen LogP contribution in [0.4, 0.5) is 0 Å². The molecule has 1 unspecified atom stereocenters. The van der Waals surface area contributed by atoms with Crippen LogP contribution in [0.3, 0.4) is 0 Å². The van der Waals surface area contributed by atoms with E-state index >= 15 is 0 Å². The molecule has 0 aliphatic carbocycles. The second-order valence-corrected chi connectivity index (χ2v) is 9.64. The number of carbonyl (C=O) groups is 1. The number of nitrogens with one attached hydrogen (secondary N) is 2. The van der Waals surface area contributed by atoms with E-state index in [0.29, 0.717) is 31.1 Å². The molecular formula is C20H32ClN3O3S. The minimum atomic E-state index is -3.53. The van der Waals surface area contributed by atoms with Crippen molar-refractivity contribution in [2.75, 3.05) is 32.7 Å². The van der Waals surface area contributed by atoms with Crippen molar-refractivity contribution in [1.29, 1.82) is 0 Å². The summed E-state index contributed by atoms with van der Waals surface area (Å²) in [5.41, 5.74) is 1.25. The molecule has 0 saturated carbocycles. The topological polar surface area (TPSA) is 78.5 Å². The SMILES string of the molecule is Cc1ccc(S(=O)(=O)N2CCCCC2)cc1C(=O)NCCC1CCCNC1.Cl. The Morgan fingerprint density at radius 2 is 1.96 bits per heavy atom. The standard InChI is InChI=1S/C20H31N3O3S.ClH/c1-16-7-8-18(27(25,26)23-12-3-2-4-13-23)14-19(16)20(24)22-11-9-17-6-5-10-21-15-17;/h7-8,14,17,21H,2-6,9-13,15H2,1H3,(H,22,24);1H. The summed E-state index contributed by atoms with van der Waals surface area (Å²) in [5, 5.41) is 6.36. The van der Waals surface area contributed by atoms with E-state index in [1.807, 2.05) is 6.92 Å². The molecule has 0 spiro atoms. The maximum Gasteiger partial charge on any atom is 0.251 e. The summed E-state index contributed by atoms with van der Waals surface area (Å²) >= 11 is 0. The molecule has 1 amide bonds. The summed E-state index contributed by atoms with van der Waals surface area (Å²) < 4.78 is 27.3. The zero-order chi connectivity index (χ0) is 19.3. The molecule has 2 N–H and O–H groups in total. The summed E-state index contributed by atoms with van der Waals surface area (Å²) in [6.45, 7) is 5.68. The van der Waals surface area contributed by atoms with Crippen LogP contribution >= 0.6 is 12.4 Å². The fourth-order valence-corrected chi connectivity index (χ4v) is 5.46. The molecule has 0 bridgehead atoms. The molecule has 2 aliphatic rings. The number of amides is 1. The molecule has 1 aromatic rings. The van der Waals surface area contributed by atoms with Crippen molar-refractivity contribution in [2.24, 2.45) is 5.92 Å². The Kier molecular flexibility index (Phi) is 8.74. The van der Waals surface area contributed by atoms with E-state index in [4.69, 9.17) is 0 Å².